The molecule has 1 aliphatic heterocycles. The topological polar surface area (TPSA) is 348 Å². The molecule has 14 N–H and O–H groups in total. The molecule has 2 rings (SSSR count). The van der Waals surface area contributed by atoms with Gasteiger partial charge < -0.3 is 64.2 Å². The lowest BCUT2D eigenvalue weighted by Crippen LogP contribution is -2.61. The second-order valence-corrected chi connectivity index (χ2v) is 17.5. The maximum absolute atomic E-state index is 14.0. The van der Waals surface area contributed by atoms with Crippen molar-refractivity contribution in [3.8, 4) is 0 Å². The normalized spacial score (nSPS) is 17.0. The van der Waals surface area contributed by atoms with Gasteiger partial charge in [-0.15, -0.1) is 0 Å². The van der Waals surface area contributed by atoms with Crippen LogP contribution in [0.2, 0.25) is 0 Å². The second-order valence-electron chi connectivity index (χ2n) is 16.5. The number of carbonyl (C=O) groups is 9. The van der Waals surface area contributed by atoms with Gasteiger partial charge in [-0.3, -0.25) is 43.2 Å². The lowest BCUT2D eigenvalue weighted by atomic mass is 10.00. The van der Waals surface area contributed by atoms with Crippen molar-refractivity contribution in [3.63, 3.8) is 0 Å². The highest BCUT2D eigenvalue weighted by molar-refractivity contribution is 7.98. The molecule has 22 heteroatoms. The number of benzene rings is 1. The van der Waals surface area contributed by atoms with Crippen LogP contribution in [0.15, 0.2) is 30.3 Å². The first kappa shape index (κ1) is 54.8. The van der Waals surface area contributed by atoms with Crippen LogP contribution in [-0.4, -0.2) is 148 Å². The molecule has 1 aromatic rings. The quantitative estimate of drug-likeness (QED) is 0.0374. The predicted molar refractivity (Wildman–Crippen MR) is 239 cm³/mol. The minimum Gasteiger partial charge on any atom is -0.481 e. The number of rotatable bonds is 29. The van der Waals surface area contributed by atoms with E-state index < -0.39 is 121 Å². The number of carboxylic acids is 1. The number of thioether (sulfide) groups is 1. The lowest BCUT2D eigenvalue weighted by molar-refractivity contribution is -0.141. The molecule has 0 aliphatic carbocycles. The molecule has 0 spiro atoms. The first-order valence-electron chi connectivity index (χ1n) is 21.5. The van der Waals surface area contributed by atoms with E-state index in [9.17, 15) is 53.4 Å². The van der Waals surface area contributed by atoms with E-state index in [0.717, 1.165) is 0 Å². The van der Waals surface area contributed by atoms with Crippen LogP contribution in [0.25, 0.3) is 0 Å². The van der Waals surface area contributed by atoms with Crippen LogP contribution in [0.4, 0.5) is 0 Å². The highest BCUT2D eigenvalue weighted by atomic mass is 32.2. The summed E-state index contributed by atoms with van der Waals surface area (Å²) >= 11 is 1.48. The molecule has 0 saturated carbocycles. The van der Waals surface area contributed by atoms with E-state index in [1.54, 1.807) is 44.2 Å². The van der Waals surface area contributed by atoms with Crippen molar-refractivity contribution >= 4 is 65.0 Å². The van der Waals surface area contributed by atoms with Crippen LogP contribution in [0.3, 0.4) is 0 Å². The smallest absolute Gasteiger partial charge is 0.305 e. The summed E-state index contributed by atoms with van der Waals surface area (Å²) in [4.78, 5) is 120. The molecule has 1 heterocycles. The summed E-state index contributed by atoms with van der Waals surface area (Å²) in [5, 5.41) is 34.7. The summed E-state index contributed by atoms with van der Waals surface area (Å²) in [6.45, 7) is 6.58. The predicted octanol–water partition coefficient (Wildman–Crippen LogP) is -2.40. The number of hydrogen-bond acceptors (Lipinski definition) is 13. The summed E-state index contributed by atoms with van der Waals surface area (Å²) in [6.07, 6.45) is 2.91. The van der Waals surface area contributed by atoms with Gasteiger partial charge in [-0.1, -0.05) is 64.4 Å². The largest absolute Gasteiger partial charge is 0.481 e. The van der Waals surface area contributed by atoms with Crippen molar-refractivity contribution < 1.29 is 53.4 Å². The number of nitrogens with zero attached hydrogens (tertiary/aromatic N) is 1. The van der Waals surface area contributed by atoms with Crippen molar-refractivity contribution in [1.82, 2.24) is 36.8 Å². The zero-order chi connectivity index (χ0) is 48.1. The maximum atomic E-state index is 14.0. The zero-order valence-corrected chi connectivity index (χ0v) is 38.1. The molecule has 0 bridgehead atoms. The van der Waals surface area contributed by atoms with Crippen LogP contribution in [0.1, 0.15) is 78.2 Å². The van der Waals surface area contributed by atoms with Gasteiger partial charge in [-0.25, -0.2) is 0 Å². The van der Waals surface area contributed by atoms with E-state index >= 15 is 0 Å². The van der Waals surface area contributed by atoms with E-state index in [-0.39, 0.29) is 38.1 Å². The molecular formula is C42H68N10O11S. The Balaban J connectivity index is 2.26. The van der Waals surface area contributed by atoms with Crippen LogP contribution in [-0.2, 0) is 49.6 Å². The Bertz CT molecular complexity index is 1750. The van der Waals surface area contributed by atoms with E-state index in [2.05, 4.69) is 31.9 Å². The number of hydrogen-bond donors (Lipinski definition) is 11. The van der Waals surface area contributed by atoms with Gasteiger partial charge in [0.25, 0.3) is 0 Å². The van der Waals surface area contributed by atoms with Gasteiger partial charge in [0.05, 0.1) is 19.1 Å². The van der Waals surface area contributed by atoms with E-state index in [1.807, 2.05) is 20.1 Å². The molecule has 0 radical (unpaired) electrons. The van der Waals surface area contributed by atoms with E-state index in [0.29, 0.717) is 37.1 Å². The fraction of sp³-hybridized carbons (Fsp3) is 0.643. The van der Waals surface area contributed by atoms with Crippen molar-refractivity contribution in [1.29, 1.82) is 0 Å². The Kier molecular flexibility index (Phi) is 23.8. The Labute approximate surface area is 378 Å². The van der Waals surface area contributed by atoms with Gasteiger partial charge in [0.2, 0.25) is 47.3 Å². The second kappa shape index (κ2) is 27.8. The average molecular weight is 921 g/mol. The Hall–Kier alpha value is -5.32. The third kappa shape index (κ3) is 18.0. The Morgan fingerprint density at radius 3 is 1.95 bits per heavy atom. The highest BCUT2D eigenvalue weighted by Crippen LogP contribution is 2.21. The average Bonchev–Trinajstić information content (AvgIpc) is 3.59. The number of aliphatic carboxylic acids is 1. The van der Waals surface area contributed by atoms with E-state index in [1.165, 1.54) is 16.7 Å². The number of unbranched alkanes of at least 4 members (excludes halogenated alkanes) is 1. The molecule has 358 valence electrons. The fourth-order valence-corrected chi connectivity index (χ4v) is 7.38. The molecule has 1 aromatic carbocycles. The summed E-state index contributed by atoms with van der Waals surface area (Å²) in [6, 6.07) is -1.51. The number of carbonyl (C=O) groups excluding carboxylic acids is 8. The molecule has 8 atom stereocenters. The molecule has 8 amide bonds. The third-order valence-corrected chi connectivity index (χ3v) is 11.1. The van der Waals surface area contributed by atoms with Crippen LogP contribution in [0.5, 0.6) is 0 Å². The number of aliphatic hydroxyl groups excluding tert-OH is 1. The summed E-state index contributed by atoms with van der Waals surface area (Å²) < 4.78 is 0. The number of likely N-dealkylation sites (tertiary alicyclic amines) is 1. The monoisotopic (exact) mass is 920 g/mol. The van der Waals surface area contributed by atoms with Gasteiger partial charge in [0.1, 0.15) is 42.3 Å². The van der Waals surface area contributed by atoms with Crippen molar-refractivity contribution in [2.75, 3.05) is 31.7 Å². The lowest BCUT2D eigenvalue weighted by Gasteiger charge is -2.30. The van der Waals surface area contributed by atoms with Crippen LogP contribution < -0.4 is 49.1 Å². The molecule has 21 nitrogen and oxygen atoms in total. The van der Waals surface area contributed by atoms with Crippen molar-refractivity contribution in [3.05, 3.63) is 35.9 Å². The third-order valence-electron chi connectivity index (χ3n) is 10.5. The molecule has 64 heavy (non-hydrogen) atoms. The molecule has 1 fully saturated rings. The first-order valence-corrected chi connectivity index (χ1v) is 22.9. The Morgan fingerprint density at radius 1 is 0.797 bits per heavy atom. The molecule has 0 aromatic heterocycles. The summed E-state index contributed by atoms with van der Waals surface area (Å²) in [5.74, 6) is -7.71. The van der Waals surface area contributed by atoms with Crippen LogP contribution in [0, 0.1) is 11.8 Å². The van der Waals surface area contributed by atoms with Gasteiger partial charge in [0.15, 0.2) is 0 Å². The molecule has 0 unspecified atom stereocenters. The van der Waals surface area contributed by atoms with E-state index in [4.69, 9.17) is 17.2 Å². The molecular weight excluding hydrogens is 853 g/mol. The molecule has 1 aliphatic rings. The minimum absolute atomic E-state index is 0.0214. The van der Waals surface area contributed by atoms with Gasteiger partial charge >= 0.3 is 5.97 Å². The summed E-state index contributed by atoms with van der Waals surface area (Å²) in [5.41, 5.74) is 17.5. The summed E-state index contributed by atoms with van der Waals surface area (Å²) in [7, 11) is 0. The standard InChI is InChI=1S/C42H68N10O11S/c1-23(2)19-32(40(61)46-27(35(45)56)15-18-64-5)52-17-14-28(42(52)63)47-41(62)34(24(3)4)51-38(59)29(20-25-11-7-6-8-12-25)49-39(60)31(22-53)50-37(58)30(21-33(54)55)48-36(57)26(44)13-9-10-16-43/h6-8,11-12,23-24,26-32,34,53H,9-10,13-22,43-44H2,1-5H3,(H2,45,56)(H,46,61)(H,47,62)(H,48,57)(H,49,60)(H,50,58)(H,51,59)(H,54,55)/t26-,27-,28+,29-,30-,31-,32+,34-/m0/s1. The van der Waals surface area contributed by atoms with Gasteiger partial charge in [0, 0.05) is 13.0 Å². The first-order chi connectivity index (χ1) is 30.2. The number of carboxylic acid groups (broad SMARTS) is 1. The van der Waals surface area contributed by atoms with Crippen molar-refractivity contribution in [2.24, 2.45) is 29.0 Å². The number of amides is 8. The van der Waals surface area contributed by atoms with Crippen molar-refractivity contribution in [2.45, 2.75) is 127 Å². The van der Waals surface area contributed by atoms with Gasteiger partial charge in [-0.2, -0.15) is 11.8 Å². The minimum atomic E-state index is -1.72. The number of aliphatic hydroxyl groups is 1. The maximum Gasteiger partial charge on any atom is 0.305 e. The number of nitrogens with two attached hydrogens (primary N) is 3. The Morgan fingerprint density at radius 2 is 1.39 bits per heavy atom. The van der Waals surface area contributed by atoms with Gasteiger partial charge in [-0.05, 0) is 68.1 Å². The zero-order valence-electron chi connectivity index (χ0n) is 37.3. The number of primary amides is 1. The highest BCUT2D eigenvalue weighted by Gasteiger charge is 2.42. The SMILES string of the molecule is CSCC[C@H](NC(=O)[C@@H](CC(C)C)N1CC[C@@H](NC(=O)[C@@H](NC(=O)[C@H](Cc2ccccc2)NC(=O)[C@H](CO)NC(=O)[C@H](CC(=O)O)NC(=O)[C@@H](N)CCCCN)C(C)C)C1=O)C(N)=O. The van der Waals surface area contributed by atoms with Crippen LogP contribution >= 0.6 is 11.8 Å². The fourth-order valence-electron chi connectivity index (χ4n) is 6.91. The molecule has 1 saturated heterocycles. The number of nitrogens with one attached hydrogen (secondary N) is 6.